The topological polar surface area (TPSA) is 67.2 Å². The van der Waals surface area contributed by atoms with Crippen LogP contribution in [0.15, 0.2) is 60.9 Å². The SMILES string of the molecule is O=C([C@@H]1C[C@@H](n2cnnn2)CN1Cc1ccc(-c2ccccc2)cc1)N1CCCCCC1. The van der Waals surface area contributed by atoms with E-state index in [2.05, 4.69) is 73.9 Å². The van der Waals surface area contributed by atoms with Gasteiger partial charge in [0.1, 0.15) is 6.33 Å². The van der Waals surface area contributed by atoms with Crippen LogP contribution in [-0.4, -0.2) is 61.6 Å². The molecule has 1 aromatic heterocycles. The fraction of sp³-hybridized carbons (Fsp3) is 0.440. The molecule has 2 aliphatic rings. The Balaban J connectivity index is 1.34. The molecule has 2 saturated heterocycles. The zero-order valence-corrected chi connectivity index (χ0v) is 18.4. The number of carbonyl (C=O) groups excluding carboxylic acids is 1. The van der Waals surface area contributed by atoms with Crippen molar-refractivity contribution in [2.45, 2.75) is 50.7 Å². The summed E-state index contributed by atoms with van der Waals surface area (Å²) in [6.07, 6.45) is 7.07. The summed E-state index contributed by atoms with van der Waals surface area (Å²) in [6, 6.07) is 19.1. The van der Waals surface area contributed by atoms with Gasteiger partial charge >= 0.3 is 0 Å². The van der Waals surface area contributed by atoms with Crippen LogP contribution in [0.1, 0.15) is 43.7 Å². The van der Waals surface area contributed by atoms with Crippen molar-refractivity contribution in [1.29, 1.82) is 0 Å². The van der Waals surface area contributed by atoms with Crippen molar-refractivity contribution in [3.8, 4) is 11.1 Å². The van der Waals surface area contributed by atoms with Crippen molar-refractivity contribution in [3.63, 3.8) is 0 Å². The number of carbonyl (C=O) groups is 1. The van der Waals surface area contributed by atoms with Crippen LogP contribution in [0.3, 0.4) is 0 Å². The van der Waals surface area contributed by atoms with Crippen LogP contribution < -0.4 is 0 Å². The van der Waals surface area contributed by atoms with Gasteiger partial charge in [-0.1, -0.05) is 67.4 Å². The summed E-state index contributed by atoms with van der Waals surface area (Å²) in [5.41, 5.74) is 3.64. The summed E-state index contributed by atoms with van der Waals surface area (Å²) in [7, 11) is 0. The Bertz CT molecular complexity index is 997. The molecule has 166 valence electrons. The van der Waals surface area contributed by atoms with Gasteiger partial charge in [0.15, 0.2) is 0 Å². The second-order valence-corrected chi connectivity index (χ2v) is 8.93. The summed E-state index contributed by atoms with van der Waals surface area (Å²) in [4.78, 5) is 17.9. The molecule has 7 heteroatoms. The van der Waals surface area contributed by atoms with Gasteiger partial charge in [0.05, 0.1) is 12.1 Å². The van der Waals surface area contributed by atoms with Gasteiger partial charge in [-0.2, -0.15) is 0 Å². The molecule has 1 amide bonds. The van der Waals surface area contributed by atoms with Crippen molar-refractivity contribution in [1.82, 2.24) is 30.0 Å². The number of amides is 1. The lowest BCUT2D eigenvalue weighted by molar-refractivity contribution is -0.136. The maximum Gasteiger partial charge on any atom is 0.240 e. The summed E-state index contributed by atoms with van der Waals surface area (Å²) < 4.78 is 1.81. The quantitative estimate of drug-likeness (QED) is 0.619. The normalized spacial score (nSPS) is 22.1. The summed E-state index contributed by atoms with van der Waals surface area (Å²) in [5, 5.41) is 11.7. The van der Waals surface area contributed by atoms with Crippen LogP contribution in [0.2, 0.25) is 0 Å². The minimum atomic E-state index is -0.129. The number of aromatic nitrogens is 4. The van der Waals surface area contributed by atoms with Crippen LogP contribution in [-0.2, 0) is 11.3 Å². The van der Waals surface area contributed by atoms with Gasteiger partial charge in [0, 0.05) is 26.2 Å². The van der Waals surface area contributed by atoms with Gasteiger partial charge in [0.2, 0.25) is 5.91 Å². The number of benzene rings is 2. The zero-order valence-electron chi connectivity index (χ0n) is 18.4. The third-order valence-corrected chi connectivity index (χ3v) is 6.77. The highest BCUT2D eigenvalue weighted by molar-refractivity contribution is 5.82. The van der Waals surface area contributed by atoms with E-state index in [4.69, 9.17) is 0 Å². The third kappa shape index (κ3) is 4.58. The fourth-order valence-corrected chi connectivity index (χ4v) is 5.01. The number of likely N-dealkylation sites (tertiary alicyclic amines) is 2. The monoisotopic (exact) mass is 430 g/mol. The minimum Gasteiger partial charge on any atom is -0.341 e. The van der Waals surface area contributed by atoms with E-state index in [0.29, 0.717) is 0 Å². The van der Waals surface area contributed by atoms with Crippen LogP contribution in [0.5, 0.6) is 0 Å². The summed E-state index contributed by atoms with van der Waals surface area (Å²) >= 11 is 0. The molecule has 5 rings (SSSR count). The second kappa shape index (κ2) is 9.61. The number of tetrazole rings is 1. The molecule has 7 nitrogen and oxygen atoms in total. The summed E-state index contributed by atoms with van der Waals surface area (Å²) in [6.45, 7) is 3.28. The first-order valence-corrected chi connectivity index (χ1v) is 11.7. The van der Waals surface area contributed by atoms with E-state index in [9.17, 15) is 4.79 Å². The van der Waals surface area contributed by atoms with Crippen molar-refractivity contribution in [3.05, 3.63) is 66.5 Å². The third-order valence-electron chi connectivity index (χ3n) is 6.77. The van der Waals surface area contributed by atoms with Crippen LogP contribution >= 0.6 is 0 Å². The van der Waals surface area contributed by atoms with Gasteiger partial charge in [-0.15, -0.1) is 5.10 Å². The molecule has 32 heavy (non-hydrogen) atoms. The standard InChI is InChI=1S/C25H30N6O/c32-25(29-14-6-1-2-7-15-29)24-16-23(31-19-26-27-28-31)18-30(24)17-20-10-12-22(13-11-20)21-8-4-3-5-9-21/h3-5,8-13,19,23-24H,1-2,6-7,14-18H2/t23-,24+/m1/s1. The van der Waals surface area contributed by atoms with Gasteiger partial charge in [-0.05, 0) is 46.4 Å². The fourth-order valence-electron chi connectivity index (χ4n) is 5.01. The molecular formula is C25H30N6O. The Hall–Kier alpha value is -3.06. The number of rotatable bonds is 5. The molecule has 3 aromatic rings. The van der Waals surface area contributed by atoms with Crippen LogP contribution in [0.4, 0.5) is 0 Å². The lowest BCUT2D eigenvalue weighted by Gasteiger charge is -2.29. The average Bonchev–Trinajstić information content (AvgIpc) is 3.43. The maximum atomic E-state index is 13.5. The van der Waals surface area contributed by atoms with E-state index >= 15 is 0 Å². The zero-order chi connectivity index (χ0) is 21.8. The van der Waals surface area contributed by atoms with Crippen molar-refractivity contribution >= 4 is 5.91 Å². The molecule has 0 N–H and O–H groups in total. The summed E-state index contributed by atoms with van der Waals surface area (Å²) in [5.74, 6) is 0.267. The Morgan fingerprint density at radius 1 is 0.906 bits per heavy atom. The van der Waals surface area contributed by atoms with E-state index in [-0.39, 0.29) is 18.0 Å². The Labute approximate surface area is 189 Å². The maximum absolute atomic E-state index is 13.5. The Morgan fingerprint density at radius 2 is 1.62 bits per heavy atom. The van der Waals surface area contributed by atoms with E-state index in [1.807, 2.05) is 6.07 Å². The molecule has 2 aromatic carbocycles. The van der Waals surface area contributed by atoms with Crippen molar-refractivity contribution in [2.75, 3.05) is 19.6 Å². The largest absolute Gasteiger partial charge is 0.341 e. The van der Waals surface area contributed by atoms with E-state index in [0.717, 1.165) is 45.4 Å². The Kier molecular flexibility index (Phi) is 6.25. The van der Waals surface area contributed by atoms with E-state index in [1.165, 1.54) is 29.5 Å². The highest BCUT2D eigenvalue weighted by atomic mass is 16.2. The van der Waals surface area contributed by atoms with Crippen LogP contribution in [0, 0.1) is 0 Å². The number of hydrogen-bond donors (Lipinski definition) is 0. The molecule has 2 aliphatic heterocycles. The van der Waals surface area contributed by atoms with Crippen molar-refractivity contribution in [2.24, 2.45) is 0 Å². The average molecular weight is 431 g/mol. The highest BCUT2D eigenvalue weighted by Gasteiger charge is 2.40. The van der Waals surface area contributed by atoms with Gasteiger partial charge < -0.3 is 4.90 Å². The van der Waals surface area contributed by atoms with Crippen molar-refractivity contribution < 1.29 is 4.79 Å². The predicted octanol–water partition coefficient (Wildman–Crippen LogP) is 3.56. The predicted molar refractivity (Wildman–Crippen MR) is 123 cm³/mol. The molecule has 0 unspecified atom stereocenters. The molecule has 0 radical (unpaired) electrons. The number of nitrogens with zero attached hydrogens (tertiary/aromatic N) is 6. The lowest BCUT2D eigenvalue weighted by Crippen LogP contribution is -2.45. The molecule has 2 fully saturated rings. The molecule has 2 atom stereocenters. The lowest BCUT2D eigenvalue weighted by atomic mass is 10.0. The molecule has 3 heterocycles. The molecule has 0 saturated carbocycles. The van der Waals surface area contributed by atoms with Gasteiger partial charge in [-0.25, -0.2) is 4.68 Å². The minimum absolute atomic E-state index is 0.120. The molecular weight excluding hydrogens is 400 g/mol. The van der Waals surface area contributed by atoms with E-state index in [1.54, 1.807) is 11.0 Å². The first-order chi connectivity index (χ1) is 15.8. The first kappa shape index (κ1) is 20.8. The Morgan fingerprint density at radius 3 is 2.31 bits per heavy atom. The van der Waals surface area contributed by atoms with Crippen LogP contribution in [0.25, 0.3) is 11.1 Å². The second-order valence-electron chi connectivity index (χ2n) is 8.93. The van der Waals surface area contributed by atoms with Gasteiger partial charge in [-0.3, -0.25) is 9.69 Å². The molecule has 0 bridgehead atoms. The van der Waals surface area contributed by atoms with E-state index < -0.39 is 0 Å². The number of hydrogen-bond acceptors (Lipinski definition) is 5. The van der Waals surface area contributed by atoms with Gasteiger partial charge in [0.25, 0.3) is 0 Å². The smallest absolute Gasteiger partial charge is 0.240 e. The highest BCUT2D eigenvalue weighted by Crippen LogP contribution is 2.30. The molecule has 0 spiro atoms. The first-order valence-electron chi connectivity index (χ1n) is 11.7. The molecule has 0 aliphatic carbocycles.